The van der Waals surface area contributed by atoms with Crippen LogP contribution in [0.1, 0.15) is 104 Å². The highest BCUT2D eigenvalue weighted by atomic mass is 35.5. The molecule has 4 saturated heterocycles. The SMILES string of the molecule is C=C(C)C(=O)Cl.C=C(C)C(=O)N1CCC[C@]12CCN([C@H](CC(C)C)C(=O)OCc1ccccc1)C2=O.CC(C)C[C@H](C(=O)OCc1ccccc1)N1CC[C@]2(CCCN2)C1=O. The van der Waals surface area contributed by atoms with E-state index in [1.807, 2.05) is 74.5 Å². The summed E-state index contributed by atoms with van der Waals surface area (Å²) in [5, 5.41) is 2.91. The van der Waals surface area contributed by atoms with Crippen molar-refractivity contribution in [3.63, 3.8) is 0 Å². The molecule has 4 heterocycles. The largest absolute Gasteiger partial charge is 0.459 e. The van der Waals surface area contributed by atoms with Crippen molar-refractivity contribution in [2.45, 2.75) is 129 Å². The van der Waals surface area contributed by atoms with Gasteiger partial charge in [0.1, 0.15) is 30.8 Å². The Labute approximate surface area is 367 Å². The van der Waals surface area contributed by atoms with Crippen LogP contribution in [0.15, 0.2) is 85.0 Å². The molecule has 61 heavy (non-hydrogen) atoms. The number of esters is 2. The Hall–Kier alpha value is -4.81. The van der Waals surface area contributed by atoms with Crippen LogP contribution >= 0.6 is 11.6 Å². The topological polar surface area (TPSA) is 143 Å². The molecule has 3 amide bonds. The Kier molecular flexibility index (Phi) is 17.9. The third-order valence-corrected chi connectivity index (χ3v) is 12.0. The molecule has 0 aliphatic carbocycles. The number of ether oxygens (including phenoxy) is 2. The third-order valence-electron chi connectivity index (χ3n) is 11.7. The maximum atomic E-state index is 13.6. The van der Waals surface area contributed by atoms with Crippen LogP contribution in [0.2, 0.25) is 0 Å². The van der Waals surface area contributed by atoms with Crippen molar-refractivity contribution in [1.82, 2.24) is 20.0 Å². The van der Waals surface area contributed by atoms with Gasteiger partial charge < -0.3 is 29.5 Å². The molecular weight excluding hydrogens is 796 g/mol. The first-order valence-electron chi connectivity index (χ1n) is 21.5. The van der Waals surface area contributed by atoms with E-state index >= 15 is 0 Å². The van der Waals surface area contributed by atoms with Crippen molar-refractivity contribution >= 4 is 46.5 Å². The molecule has 0 bridgehead atoms. The minimum atomic E-state index is -0.842. The number of carbonyl (C=O) groups excluding carboxylic acids is 6. The van der Waals surface area contributed by atoms with Gasteiger partial charge in [-0.25, -0.2) is 9.59 Å². The molecule has 13 heteroatoms. The van der Waals surface area contributed by atoms with E-state index < -0.39 is 28.4 Å². The fourth-order valence-corrected chi connectivity index (χ4v) is 8.50. The predicted molar refractivity (Wildman–Crippen MR) is 236 cm³/mol. The van der Waals surface area contributed by atoms with Gasteiger partial charge in [0.25, 0.3) is 0 Å². The zero-order valence-corrected chi connectivity index (χ0v) is 37.6. The molecule has 0 unspecified atom stereocenters. The molecule has 4 fully saturated rings. The Morgan fingerprint density at radius 3 is 1.59 bits per heavy atom. The molecule has 2 spiro atoms. The van der Waals surface area contributed by atoms with Crippen LogP contribution in [0.5, 0.6) is 0 Å². The van der Waals surface area contributed by atoms with Crippen LogP contribution in [-0.4, -0.2) is 98.9 Å². The number of rotatable bonds is 14. The molecule has 1 N–H and O–H groups in total. The van der Waals surface area contributed by atoms with Crippen molar-refractivity contribution in [3.05, 3.63) is 96.1 Å². The molecule has 332 valence electrons. The van der Waals surface area contributed by atoms with Crippen molar-refractivity contribution in [1.29, 1.82) is 0 Å². The van der Waals surface area contributed by atoms with Crippen LogP contribution < -0.4 is 5.32 Å². The molecule has 2 aromatic carbocycles. The van der Waals surface area contributed by atoms with E-state index in [9.17, 15) is 28.8 Å². The second kappa shape index (κ2) is 22.3. The van der Waals surface area contributed by atoms with Gasteiger partial charge in [0.05, 0.1) is 5.54 Å². The monoisotopic (exact) mass is 860 g/mol. The number of benzene rings is 2. The zero-order chi connectivity index (χ0) is 44.9. The smallest absolute Gasteiger partial charge is 0.329 e. The molecule has 2 aromatic rings. The first kappa shape index (κ1) is 48.9. The summed E-state index contributed by atoms with van der Waals surface area (Å²) in [5.41, 5.74) is 1.41. The maximum Gasteiger partial charge on any atom is 0.329 e. The van der Waals surface area contributed by atoms with E-state index in [0.717, 1.165) is 43.4 Å². The van der Waals surface area contributed by atoms with Gasteiger partial charge in [0.2, 0.25) is 23.0 Å². The lowest BCUT2D eigenvalue weighted by atomic mass is 9.93. The number of likely N-dealkylation sites (tertiary alicyclic amines) is 3. The van der Waals surface area contributed by atoms with Crippen molar-refractivity contribution in [2.24, 2.45) is 11.8 Å². The van der Waals surface area contributed by atoms with E-state index in [1.165, 1.54) is 0 Å². The normalized spacial score (nSPS) is 21.6. The van der Waals surface area contributed by atoms with Gasteiger partial charge in [-0.2, -0.15) is 0 Å². The molecule has 4 aliphatic heterocycles. The average Bonchev–Trinajstić information content (AvgIpc) is 4.03. The lowest BCUT2D eigenvalue weighted by Crippen LogP contribution is -2.55. The van der Waals surface area contributed by atoms with Gasteiger partial charge in [-0.3, -0.25) is 19.2 Å². The summed E-state index contributed by atoms with van der Waals surface area (Å²) in [7, 11) is 0. The lowest BCUT2D eigenvalue weighted by molar-refractivity contribution is -0.158. The summed E-state index contributed by atoms with van der Waals surface area (Å²) in [6.07, 6.45) is 5.81. The summed E-state index contributed by atoms with van der Waals surface area (Å²) in [5.74, 6) is -0.357. The number of nitrogens with zero attached hydrogens (tertiary/aromatic N) is 3. The first-order valence-corrected chi connectivity index (χ1v) is 21.9. The molecule has 0 radical (unpaired) electrons. The second-order valence-corrected chi connectivity index (χ2v) is 17.9. The van der Waals surface area contributed by atoms with Crippen LogP contribution in [0.3, 0.4) is 0 Å². The van der Waals surface area contributed by atoms with Crippen molar-refractivity contribution in [2.75, 3.05) is 26.2 Å². The number of hydrogen-bond acceptors (Lipinski definition) is 9. The quantitative estimate of drug-likeness (QED) is 0.119. The minimum absolute atomic E-state index is 0.0762. The van der Waals surface area contributed by atoms with E-state index in [0.29, 0.717) is 62.4 Å². The Balaban J connectivity index is 0.000000240. The number of halogens is 1. The third kappa shape index (κ3) is 12.6. The lowest BCUT2D eigenvalue weighted by Gasteiger charge is -2.35. The van der Waals surface area contributed by atoms with Crippen LogP contribution in [-0.2, 0) is 51.5 Å². The summed E-state index contributed by atoms with van der Waals surface area (Å²) in [6.45, 7) is 21.4. The first-order chi connectivity index (χ1) is 28.9. The summed E-state index contributed by atoms with van der Waals surface area (Å²) in [4.78, 5) is 79.9. The Morgan fingerprint density at radius 2 is 1.16 bits per heavy atom. The molecule has 4 aliphatic rings. The minimum Gasteiger partial charge on any atom is -0.459 e. The van der Waals surface area contributed by atoms with Gasteiger partial charge in [0, 0.05) is 30.8 Å². The number of allylic oxidation sites excluding steroid dienone is 1. The molecule has 12 nitrogen and oxygen atoms in total. The van der Waals surface area contributed by atoms with Gasteiger partial charge in [-0.1, -0.05) is 102 Å². The number of nitrogens with one attached hydrogen (secondary N) is 1. The average molecular weight is 862 g/mol. The van der Waals surface area contributed by atoms with Crippen LogP contribution in [0, 0.1) is 11.8 Å². The Bertz CT molecular complexity index is 1870. The molecule has 0 aromatic heterocycles. The molecule has 6 rings (SSSR count). The van der Waals surface area contributed by atoms with Crippen LogP contribution in [0.4, 0.5) is 0 Å². The number of carbonyl (C=O) groups is 6. The standard InChI is InChI=1S/C24H32N2O4.C20H28N2O3.C4H5ClO/c1-17(2)15-20(22(28)30-16-19-9-6-5-7-10-19)25-14-12-24(23(25)29)11-8-13-26(24)21(27)18(3)4;1-15(2)13-17(18(23)25-14-16-7-4-3-5-8-16)22-12-10-20(19(22)24)9-6-11-21-20;1-3(2)4(5)6/h5-7,9-10,17,20H,3,8,11-16H2,1-2,4H3;3-5,7-8,15,17,21H,6,9-14H2,1-2H3;1H2,2H3/t20-,24-;17-,20-;/m11./s1. The van der Waals surface area contributed by atoms with Gasteiger partial charge in [-0.05, 0) is 106 Å². The van der Waals surface area contributed by atoms with Gasteiger partial charge in [-0.15, -0.1) is 0 Å². The maximum absolute atomic E-state index is 13.6. The van der Waals surface area contributed by atoms with E-state index in [2.05, 4.69) is 32.3 Å². The van der Waals surface area contributed by atoms with E-state index in [-0.39, 0.29) is 48.8 Å². The fraction of sp³-hybridized carbons (Fsp3) is 0.542. The number of hydrogen-bond donors (Lipinski definition) is 1. The summed E-state index contributed by atoms with van der Waals surface area (Å²) < 4.78 is 11.1. The molecular formula is C48H65ClN4O8. The zero-order valence-electron chi connectivity index (χ0n) is 36.9. The highest BCUT2D eigenvalue weighted by Crippen LogP contribution is 2.41. The van der Waals surface area contributed by atoms with E-state index in [1.54, 1.807) is 28.5 Å². The Morgan fingerprint density at radius 1 is 0.689 bits per heavy atom. The number of amides is 3. The van der Waals surface area contributed by atoms with Crippen molar-refractivity contribution in [3.8, 4) is 0 Å². The van der Waals surface area contributed by atoms with Gasteiger partial charge in [0.15, 0.2) is 0 Å². The second-order valence-electron chi connectivity index (χ2n) is 17.5. The van der Waals surface area contributed by atoms with Crippen LogP contribution in [0.25, 0.3) is 0 Å². The highest BCUT2D eigenvalue weighted by molar-refractivity contribution is 6.67. The van der Waals surface area contributed by atoms with E-state index in [4.69, 9.17) is 21.1 Å². The highest BCUT2D eigenvalue weighted by Gasteiger charge is 2.57. The predicted octanol–water partition coefficient (Wildman–Crippen LogP) is 7.14. The summed E-state index contributed by atoms with van der Waals surface area (Å²) >= 11 is 4.87. The molecule has 0 saturated carbocycles. The van der Waals surface area contributed by atoms with Gasteiger partial charge >= 0.3 is 11.9 Å². The summed E-state index contributed by atoms with van der Waals surface area (Å²) in [6, 6.07) is 18.0. The fourth-order valence-electron chi connectivity index (χ4n) is 8.50. The molecule has 4 atom stereocenters. The van der Waals surface area contributed by atoms with Crippen molar-refractivity contribution < 1.29 is 38.2 Å².